The largest absolute Gasteiger partial charge is 0.396 e. The fraction of sp³-hybridized carbons (Fsp3) is 0. The van der Waals surface area contributed by atoms with Gasteiger partial charge in [0.25, 0.3) is 0 Å². The van der Waals surface area contributed by atoms with Crippen molar-refractivity contribution in [1.29, 1.82) is 0 Å². The number of anilines is 1. The summed E-state index contributed by atoms with van der Waals surface area (Å²) >= 11 is 14.9. The lowest BCUT2D eigenvalue weighted by molar-refractivity contribution is 0.103. The second kappa shape index (κ2) is 5.49. The average Bonchev–Trinajstić information content (AvgIpc) is 2.36. The lowest BCUT2D eigenvalue weighted by atomic mass is 10.0. The van der Waals surface area contributed by atoms with Gasteiger partial charge in [-0.15, -0.1) is 0 Å². The number of rotatable bonds is 2. The van der Waals surface area contributed by atoms with Crippen LogP contribution in [-0.2, 0) is 0 Å². The van der Waals surface area contributed by atoms with Crippen molar-refractivity contribution in [2.24, 2.45) is 0 Å². The van der Waals surface area contributed by atoms with Gasteiger partial charge >= 0.3 is 0 Å². The fourth-order valence-electron chi connectivity index (χ4n) is 1.56. The molecule has 2 N–H and O–H groups in total. The van der Waals surface area contributed by atoms with Crippen LogP contribution in [-0.4, -0.2) is 5.78 Å². The van der Waals surface area contributed by atoms with Crippen LogP contribution in [0.1, 0.15) is 15.9 Å². The van der Waals surface area contributed by atoms with E-state index in [1.54, 1.807) is 6.07 Å². The first-order valence-electron chi connectivity index (χ1n) is 5.14. The van der Waals surface area contributed by atoms with Gasteiger partial charge in [0, 0.05) is 20.6 Å². The highest BCUT2D eigenvalue weighted by Gasteiger charge is 2.18. The summed E-state index contributed by atoms with van der Waals surface area (Å²) in [5.74, 6) is -0.980. The molecule has 19 heavy (non-hydrogen) atoms. The average molecular weight is 363 g/mol. The molecule has 0 bridgehead atoms. The molecule has 0 atom stereocenters. The number of nitrogens with two attached hydrogens (primary N) is 1. The zero-order valence-electron chi connectivity index (χ0n) is 9.38. The van der Waals surface area contributed by atoms with E-state index in [9.17, 15) is 9.18 Å². The quantitative estimate of drug-likeness (QED) is 0.621. The van der Waals surface area contributed by atoms with E-state index in [2.05, 4.69) is 15.9 Å². The van der Waals surface area contributed by atoms with Gasteiger partial charge in [0.1, 0.15) is 5.82 Å². The lowest BCUT2D eigenvalue weighted by Crippen LogP contribution is -2.05. The molecule has 0 amide bonds. The molecule has 0 spiro atoms. The molecule has 2 nitrogen and oxygen atoms in total. The van der Waals surface area contributed by atoms with Crippen LogP contribution in [0.3, 0.4) is 0 Å². The van der Waals surface area contributed by atoms with Crippen LogP contribution in [0.4, 0.5) is 10.1 Å². The van der Waals surface area contributed by atoms with Crippen LogP contribution >= 0.6 is 39.1 Å². The highest BCUT2D eigenvalue weighted by atomic mass is 79.9. The van der Waals surface area contributed by atoms with Gasteiger partial charge in [-0.05, 0) is 46.3 Å². The molecule has 0 saturated heterocycles. The molecule has 0 saturated carbocycles. The Morgan fingerprint density at radius 1 is 1.16 bits per heavy atom. The highest BCUT2D eigenvalue weighted by Crippen LogP contribution is 2.28. The summed E-state index contributed by atoms with van der Waals surface area (Å²) in [6.45, 7) is 0. The number of carbonyl (C=O) groups excluding carboxylic acids is 1. The van der Waals surface area contributed by atoms with E-state index in [-0.39, 0.29) is 27.6 Å². The van der Waals surface area contributed by atoms with E-state index < -0.39 is 5.82 Å². The van der Waals surface area contributed by atoms with Gasteiger partial charge in [-0.1, -0.05) is 23.2 Å². The third kappa shape index (κ3) is 2.91. The van der Waals surface area contributed by atoms with Crippen molar-refractivity contribution in [3.8, 4) is 0 Å². The summed E-state index contributed by atoms with van der Waals surface area (Å²) in [6.07, 6.45) is 0. The number of halogens is 4. The third-order valence-electron chi connectivity index (χ3n) is 2.50. The Labute approximate surface area is 127 Å². The topological polar surface area (TPSA) is 43.1 Å². The number of hydrogen-bond acceptors (Lipinski definition) is 2. The van der Waals surface area contributed by atoms with Crippen molar-refractivity contribution in [3.05, 3.63) is 61.8 Å². The third-order valence-corrected chi connectivity index (χ3v) is 3.72. The molecule has 2 rings (SSSR count). The van der Waals surface area contributed by atoms with Gasteiger partial charge in [0.2, 0.25) is 0 Å². The Kier molecular flexibility index (Phi) is 4.13. The molecule has 0 unspecified atom stereocenters. The van der Waals surface area contributed by atoms with E-state index in [0.29, 0.717) is 9.50 Å². The van der Waals surface area contributed by atoms with Crippen LogP contribution in [0, 0.1) is 5.82 Å². The lowest BCUT2D eigenvalue weighted by Gasteiger charge is -2.08. The summed E-state index contributed by atoms with van der Waals surface area (Å²) < 4.78 is 13.6. The Bertz CT molecular complexity index is 676. The maximum atomic E-state index is 13.3. The number of benzene rings is 2. The molecule has 98 valence electrons. The van der Waals surface area contributed by atoms with Crippen LogP contribution in [0.2, 0.25) is 10.0 Å². The van der Waals surface area contributed by atoms with Gasteiger partial charge < -0.3 is 5.73 Å². The number of ketones is 1. The van der Waals surface area contributed by atoms with Gasteiger partial charge in [0.05, 0.1) is 10.7 Å². The van der Waals surface area contributed by atoms with Crippen molar-refractivity contribution in [1.82, 2.24) is 0 Å². The number of hydrogen-bond donors (Lipinski definition) is 1. The molecule has 0 aromatic heterocycles. The summed E-state index contributed by atoms with van der Waals surface area (Å²) in [4.78, 5) is 12.4. The summed E-state index contributed by atoms with van der Waals surface area (Å²) in [6, 6.07) is 6.96. The monoisotopic (exact) mass is 361 g/mol. The minimum atomic E-state index is -0.597. The molecule has 0 aliphatic heterocycles. The second-order valence-electron chi connectivity index (χ2n) is 3.81. The van der Waals surface area contributed by atoms with Crippen LogP contribution in [0.25, 0.3) is 0 Å². The molecule has 0 fully saturated rings. The van der Waals surface area contributed by atoms with E-state index in [1.807, 2.05) is 0 Å². The molecular weight excluding hydrogens is 356 g/mol. The zero-order valence-corrected chi connectivity index (χ0v) is 12.5. The van der Waals surface area contributed by atoms with Crippen molar-refractivity contribution in [2.45, 2.75) is 0 Å². The van der Waals surface area contributed by atoms with Crippen molar-refractivity contribution >= 4 is 50.6 Å². The first kappa shape index (κ1) is 14.3. The molecule has 0 heterocycles. The fourth-order valence-corrected chi connectivity index (χ4v) is 2.43. The normalized spacial score (nSPS) is 10.5. The maximum Gasteiger partial charge on any atom is 0.195 e. The first-order chi connectivity index (χ1) is 8.90. The van der Waals surface area contributed by atoms with E-state index in [1.165, 1.54) is 18.2 Å². The smallest absolute Gasteiger partial charge is 0.195 e. The molecule has 6 heteroatoms. The standard InChI is InChI=1S/C13H7BrCl2FNO/c14-9-5-11(17)12(18)4-7(9)13(19)8-3-6(15)1-2-10(8)16/h1-5H,18H2. The molecule has 0 aliphatic carbocycles. The minimum Gasteiger partial charge on any atom is -0.396 e. The van der Waals surface area contributed by atoms with Gasteiger partial charge in [0.15, 0.2) is 5.78 Å². The number of nitrogen functional groups attached to an aromatic ring is 1. The van der Waals surface area contributed by atoms with Crippen molar-refractivity contribution < 1.29 is 9.18 Å². The Hall–Kier alpha value is -1.10. The van der Waals surface area contributed by atoms with E-state index in [4.69, 9.17) is 28.9 Å². The zero-order chi connectivity index (χ0) is 14.2. The maximum absolute atomic E-state index is 13.3. The Morgan fingerprint density at radius 3 is 2.53 bits per heavy atom. The van der Waals surface area contributed by atoms with E-state index >= 15 is 0 Å². The van der Waals surface area contributed by atoms with Crippen LogP contribution in [0.5, 0.6) is 0 Å². The summed E-state index contributed by atoms with van der Waals surface area (Å²) in [5, 5.41) is 0.656. The van der Waals surface area contributed by atoms with E-state index in [0.717, 1.165) is 6.07 Å². The number of carbonyl (C=O) groups is 1. The minimum absolute atomic E-state index is 0.107. The van der Waals surface area contributed by atoms with Gasteiger partial charge in [-0.25, -0.2) is 4.39 Å². The first-order valence-corrected chi connectivity index (χ1v) is 6.69. The highest BCUT2D eigenvalue weighted by molar-refractivity contribution is 9.10. The predicted octanol–water partition coefficient (Wildman–Crippen LogP) is 4.71. The molecule has 0 aliphatic rings. The molecule has 2 aromatic carbocycles. The molecule has 2 aromatic rings. The van der Waals surface area contributed by atoms with Crippen molar-refractivity contribution in [2.75, 3.05) is 5.73 Å². The Balaban J connectivity index is 2.56. The summed E-state index contributed by atoms with van der Waals surface area (Å²) in [5.41, 5.74) is 5.82. The summed E-state index contributed by atoms with van der Waals surface area (Å²) in [7, 11) is 0. The van der Waals surface area contributed by atoms with Crippen LogP contribution < -0.4 is 5.73 Å². The molecule has 0 radical (unpaired) electrons. The van der Waals surface area contributed by atoms with Crippen molar-refractivity contribution in [3.63, 3.8) is 0 Å². The predicted molar refractivity (Wildman–Crippen MR) is 78.4 cm³/mol. The Morgan fingerprint density at radius 2 is 1.84 bits per heavy atom. The molecular formula is C13H7BrCl2FNO. The second-order valence-corrected chi connectivity index (χ2v) is 5.50. The van der Waals surface area contributed by atoms with Gasteiger partial charge in [-0.2, -0.15) is 0 Å². The van der Waals surface area contributed by atoms with Gasteiger partial charge in [-0.3, -0.25) is 4.79 Å². The van der Waals surface area contributed by atoms with Crippen LogP contribution in [0.15, 0.2) is 34.8 Å². The SMILES string of the molecule is Nc1cc(C(=O)c2cc(Cl)ccc2Cl)c(Br)cc1F.